The number of unbranched alkanes of at least 4 members (excludes halogenated alkanes) is 2. The van der Waals surface area contributed by atoms with Gasteiger partial charge in [0.25, 0.3) is 0 Å². The van der Waals surface area contributed by atoms with E-state index in [1.807, 2.05) is 6.07 Å². The Morgan fingerprint density at radius 3 is 2.93 bits per heavy atom. The molecule has 15 heavy (non-hydrogen) atoms. The Balaban J connectivity index is 2.21. The third-order valence-corrected chi connectivity index (χ3v) is 3.90. The highest BCUT2D eigenvalue weighted by Gasteiger charge is 2.03. The molecule has 1 aromatic carbocycles. The van der Waals surface area contributed by atoms with Gasteiger partial charge in [0.1, 0.15) is 0 Å². The summed E-state index contributed by atoms with van der Waals surface area (Å²) in [5.74, 6) is 0. The van der Waals surface area contributed by atoms with Crippen LogP contribution in [-0.2, 0) is 6.42 Å². The molecule has 0 atom stereocenters. The molecule has 80 valence electrons. The van der Waals surface area contributed by atoms with Gasteiger partial charge in [-0.3, -0.25) is 0 Å². The second-order valence-electron chi connectivity index (χ2n) is 3.86. The highest BCUT2D eigenvalue weighted by molar-refractivity contribution is 7.17. The number of hydrogen-bond acceptors (Lipinski definition) is 1. The molecule has 1 heterocycles. The molecule has 0 bridgehead atoms. The van der Waals surface area contributed by atoms with Crippen LogP contribution in [0, 0.1) is 0 Å². The number of rotatable bonds is 4. The molecule has 0 spiro atoms. The van der Waals surface area contributed by atoms with Gasteiger partial charge in [-0.1, -0.05) is 37.4 Å². The molecule has 0 unspecified atom stereocenters. The van der Waals surface area contributed by atoms with Crippen LogP contribution < -0.4 is 0 Å². The molecular formula is C13H15ClS. The summed E-state index contributed by atoms with van der Waals surface area (Å²) in [6.07, 6.45) is 5.11. The molecule has 0 saturated carbocycles. The van der Waals surface area contributed by atoms with Crippen LogP contribution >= 0.6 is 22.9 Å². The average Bonchev–Trinajstić information content (AvgIpc) is 2.61. The Labute approximate surface area is 99.9 Å². The minimum absolute atomic E-state index is 0.837. The summed E-state index contributed by atoms with van der Waals surface area (Å²) >= 11 is 7.76. The summed E-state index contributed by atoms with van der Waals surface area (Å²) in [4.78, 5) is 0. The normalized spacial score (nSPS) is 11.1. The molecule has 0 N–H and O–H groups in total. The molecule has 2 aromatic rings. The van der Waals surface area contributed by atoms with E-state index < -0.39 is 0 Å². The van der Waals surface area contributed by atoms with Gasteiger partial charge < -0.3 is 0 Å². The minimum atomic E-state index is 0.837. The van der Waals surface area contributed by atoms with E-state index in [2.05, 4.69) is 24.4 Å². The zero-order valence-electron chi connectivity index (χ0n) is 8.92. The van der Waals surface area contributed by atoms with Gasteiger partial charge in [-0.05, 0) is 41.3 Å². The van der Waals surface area contributed by atoms with Crippen molar-refractivity contribution in [3.8, 4) is 0 Å². The molecule has 1 aromatic heterocycles. The van der Waals surface area contributed by atoms with E-state index >= 15 is 0 Å². The maximum atomic E-state index is 5.96. The largest absolute Gasteiger partial charge is 0.143 e. The summed E-state index contributed by atoms with van der Waals surface area (Å²) in [7, 11) is 0. The molecule has 0 nitrogen and oxygen atoms in total. The predicted octanol–water partition coefficient (Wildman–Crippen LogP) is 5.29. The highest BCUT2D eigenvalue weighted by Crippen LogP contribution is 2.29. The molecule has 2 heteroatoms. The van der Waals surface area contributed by atoms with Crippen molar-refractivity contribution < 1.29 is 0 Å². The van der Waals surface area contributed by atoms with Crippen LogP contribution in [0.5, 0.6) is 0 Å². The lowest BCUT2D eigenvalue weighted by Gasteiger charge is -1.98. The number of halogens is 1. The fraction of sp³-hybridized carbons (Fsp3) is 0.385. The summed E-state index contributed by atoms with van der Waals surface area (Å²) in [6.45, 7) is 2.24. The Hall–Kier alpha value is -0.530. The van der Waals surface area contributed by atoms with Crippen molar-refractivity contribution in [2.24, 2.45) is 0 Å². The molecule has 2 rings (SSSR count). The second-order valence-corrected chi connectivity index (χ2v) is 5.21. The van der Waals surface area contributed by atoms with Crippen LogP contribution in [0.2, 0.25) is 5.02 Å². The Kier molecular flexibility index (Phi) is 3.66. The van der Waals surface area contributed by atoms with Gasteiger partial charge in [-0.25, -0.2) is 0 Å². The molecule has 0 radical (unpaired) electrons. The quantitative estimate of drug-likeness (QED) is 0.635. The van der Waals surface area contributed by atoms with Gasteiger partial charge in [0.2, 0.25) is 0 Å². The van der Waals surface area contributed by atoms with Crippen molar-refractivity contribution in [2.45, 2.75) is 32.6 Å². The summed E-state index contributed by atoms with van der Waals surface area (Å²) < 4.78 is 1.31. The molecular weight excluding hydrogens is 224 g/mol. The average molecular weight is 239 g/mol. The van der Waals surface area contributed by atoms with Gasteiger partial charge in [0.05, 0.1) is 0 Å². The zero-order valence-corrected chi connectivity index (χ0v) is 10.5. The van der Waals surface area contributed by atoms with Gasteiger partial charge in [0.15, 0.2) is 0 Å². The van der Waals surface area contributed by atoms with Crippen LogP contribution in [0.3, 0.4) is 0 Å². The lowest BCUT2D eigenvalue weighted by atomic mass is 10.1. The maximum Gasteiger partial charge on any atom is 0.0420 e. The monoisotopic (exact) mass is 238 g/mol. The Morgan fingerprint density at radius 1 is 1.27 bits per heavy atom. The number of benzene rings is 1. The fourth-order valence-corrected chi connectivity index (χ4v) is 3.09. The topological polar surface area (TPSA) is 0 Å². The summed E-state index contributed by atoms with van der Waals surface area (Å²) in [5, 5.41) is 4.50. The molecule has 0 aliphatic carbocycles. The predicted molar refractivity (Wildman–Crippen MR) is 70.1 cm³/mol. The lowest BCUT2D eigenvalue weighted by Crippen LogP contribution is -1.82. The third kappa shape index (κ3) is 2.53. The highest BCUT2D eigenvalue weighted by atomic mass is 35.5. The van der Waals surface area contributed by atoms with Crippen LogP contribution in [0.15, 0.2) is 23.6 Å². The van der Waals surface area contributed by atoms with E-state index in [1.54, 1.807) is 11.3 Å². The van der Waals surface area contributed by atoms with Gasteiger partial charge in [-0.2, -0.15) is 0 Å². The van der Waals surface area contributed by atoms with Gasteiger partial charge >= 0.3 is 0 Å². The van der Waals surface area contributed by atoms with Crippen molar-refractivity contribution in [2.75, 3.05) is 0 Å². The fourth-order valence-electron chi connectivity index (χ4n) is 1.82. The van der Waals surface area contributed by atoms with Crippen LogP contribution in [-0.4, -0.2) is 0 Å². The van der Waals surface area contributed by atoms with Crippen molar-refractivity contribution in [1.29, 1.82) is 0 Å². The molecule has 0 saturated heterocycles. The molecule has 0 aliphatic heterocycles. The number of aryl methyl sites for hydroxylation is 1. The van der Waals surface area contributed by atoms with Crippen molar-refractivity contribution in [1.82, 2.24) is 0 Å². The van der Waals surface area contributed by atoms with Gasteiger partial charge in [0, 0.05) is 9.72 Å². The van der Waals surface area contributed by atoms with E-state index in [4.69, 9.17) is 11.6 Å². The SMILES string of the molecule is CCCCCc1csc2cc(Cl)ccc12. The van der Waals surface area contributed by atoms with E-state index in [1.165, 1.54) is 41.3 Å². The van der Waals surface area contributed by atoms with Crippen molar-refractivity contribution in [3.05, 3.63) is 34.2 Å². The van der Waals surface area contributed by atoms with Crippen LogP contribution in [0.1, 0.15) is 31.7 Å². The molecule has 0 amide bonds. The van der Waals surface area contributed by atoms with E-state index in [9.17, 15) is 0 Å². The first kappa shape index (κ1) is 11.0. The standard InChI is InChI=1S/C13H15ClS/c1-2-3-4-5-10-9-15-13-8-11(14)6-7-12(10)13/h6-9H,2-5H2,1H3. The van der Waals surface area contributed by atoms with Crippen molar-refractivity contribution >= 4 is 33.0 Å². The second kappa shape index (κ2) is 5.00. The third-order valence-electron chi connectivity index (χ3n) is 2.67. The Morgan fingerprint density at radius 2 is 2.13 bits per heavy atom. The smallest absolute Gasteiger partial charge is 0.0420 e. The number of fused-ring (bicyclic) bond motifs is 1. The van der Waals surface area contributed by atoms with E-state index in [-0.39, 0.29) is 0 Å². The number of hydrogen-bond donors (Lipinski definition) is 0. The molecule has 0 aliphatic rings. The van der Waals surface area contributed by atoms with Gasteiger partial charge in [-0.15, -0.1) is 11.3 Å². The Bertz CT molecular complexity index is 445. The summed E-state index contributed by atoms with van der Waals surface area (Å²) in [6, 6.07) is 6.19. The van der Waals surface area contributed by atoms with Crippen molar-refractivity contribution in [3.63, 3.8) is 0 Å². The lowest BCUT2D eigenvalue weighted by molar-refractivity contribution is 0.720. The van der Waals surface area contributed by atoms with E-state index in [0.29, 0.717) is 0 Å². The summed E-state index contributed by atoms with van der Waals surface area (Å²) in [5.41, 5.74) is 1.49. The van der Waals surface area contributed by atoms with Crippen LogP contribution in [0.25, 0.3) is 10.1 Å². The minimum Gasteiger partial charge on any atom is -0.143 e. The van der Waals surface area contributed by atoms with E-state index in [0.717, 1.165) is 5.02 Å². The zero-order chi connectivity index (χ0) is 10.7. The molecule has 0 fully saturated rings. The first-order valence-corrected chi connectivity index (χ1v) is 6.72. The first-order chi connectivity index (χ1) is 7.31. The number of thiophene rings is 1. The first-order valence-electron chi connectivity index (χ1n) is 5.47. The maximum absolute atomic E-state index is 5.96. The van der Waals surface area contributed by atoms with Crippen LogP contribution in [0.4, 0.5) is 0 Å².